The first-order valence-corrected chi connectivity index (χ1v) is 12.0. The van der Waals surface area contributed by atoms with E-state index >= 15 is 0 Å². The van der Waals surface area contributed by atoms with E-state index < -0.39 is 0 Å². The molecule has 5 rings (SSSR count). The molecule has 33 heavy (non-hydrogen) atoms. The standard InChI is InChI=1S/C25H25N5O2S/c26-16-17-5-7-19(8-6-17)32-14-2-11-30-12-9-18(10-13-30)27-25(31)23-15-21-24-20(28-29-21)3-1-4-22(24)33-23/h1,3-8,15,18H,2,9-14H2,(H,27,31)(H,28,29). The molecule has 1 amide bonds. The van der Waals surface area contributed by atoms with Crippen LogP contribution in [0.1, 0.15) is 30.5 Å². The second kappa shape index (κ2) is 9.69. The van der Waals surface area contributed by atoms with E-state index in [9.17, 15) is 4.79 Å². The molecule has 3 heterocycles. The number of likely N-dealkylation sites (tertiary alicyclic amines) is 1. The number of hydrogen-bond acceptors (Lipinski definition) is 6. The average molecular weight is 460 g/mol. The number of carbonyl (C=O) groups excluding carboxylic acids is 1. The number of nitrogens with zero attached hydrogens (tertiary/aromatic N) is 3. The van der Waals surface area contributed by atoms with Gasteiger partial charge >= 0.3 is 0 Å². The van der Waals surface area contributed by atoms with Crippen molar-refractivity contribution >= 4 is 34.6 Å². The molecular formula is C25H25N5O2S. The highest BCUT2D eigenvalue weighted by molar-refractivity contribution is 8.04. The van der Waals surface area contributed by atoms with Crippen molar-refractivity contribution in [3.8, 4) is 11.8 Å². The summed E-state index contributed by atoms with van der Waals surface area (Å²) in [5.74, 6) is 0.787. The zero-order chi connectivity index (χ0) is 22.6. The van der Waals surface area contributed by atoms with Gasteiger partial charge in [0, 0.05) is 36.0 Å². The Hall–Kier alpha value is -3.28. The molecule has 3 aromatic rings. The summed E-state index contributed by atoms with van der Waals surface area (Å²) in [4.78, 5) is 17.1. The highest BCUT2D eigenvalue weighted by atomic mass is 32.2. The van der Waals surface area contributed by atoms with E-state index in [1.165, 1.54) is 11.8 Å². The predicted molar refractivity (Wildman–Crippen MR) is 129 cm³/mol. The fourth-order valence-corrected chi connectivity index (χ4v) is 5.33. The van der Waals surface area contributed by atoms with Gasteiger partial charge in [0.15, 0.2) is 0 Å². The molecule has 0 saturated carbocycles. The summed E-state index contributed by atoms with van der Waals surface area (Å²) in [6.45, 7) is 3.57. The van der Waals surface area contributed by atoms with Gasteiger partial charge in [-0.1, -0.05) is 17.8 Å². The van der Waals surface area contributed by atoms with Gasteiger partial charge in [0.1, 0.15) is 5.75 Å². The molecule has 2 N–H and O–H groups in total. The molecule has 1 saturated heterocycles. The fourth-order valence-electron chi connectivity index (χ4n) is 4.30. The predicted octanol–water partition coefficient (Wildman–Crippen LogP) is 3.93. The molecule has 1 aromatic heterocycles. The van der Waals surface area contributed by atoms with E-state index in [2.05, 4.69) is 26.5 Å². The topological polar surface area (TPSA) is 94.0 Å². The Kier molecular flexibility index (Phi) is 6.33. The van der Waals surface area contributed by atoms with Crippen LogP contribution >= 0.6 is 11.8 Å². The van der Waals surface area contributed by atoms with Crippen LogP contribution in [-0.4, -0.2) is 53.3 Å². The number of carbonyl (C=O) groups is 1. The number of aromatic nitrogens is 2. The molecule has 8 heteroatoms. The van der Waals surface area contributed by atoms with E-state index in [0.717, 1.165) is 66.1 Å². The molecule has 2 aliphatic rings. The maximum Gasteiger partial charge on any atom is 0.258 e. The molecule has 0 aliphatic carbocycles. The lowest BCUT2D eigenvalue weighted by molar-refractivity contribution is -0.117. The Balaban J connectivity index is 1.05. The number of amides is 1. The van der Waals surface area contributed by atoms with Crippen LogP contribution in [-0.2, 0) is 4.79 Å². The average Bonchev–Trinajstić information content (AvgIpc) is 3.28. The summed E-state index contributed by atoms with van der Waals surface area (Å²) in [7, 11) is 0. The maximum atomic E-state index is 12.9. The van der Waals surface area contributed by atoms with Gasteiger partial charge in [-0.25, -0.2) is 0 Å². The Labute approximate surface area is 196 Å². The third-order valence-corrected chi connectivity index (χ3v) is 7.17. The van der Waals surface area contributed by atoms with Crippen LogP contribution in [0.25, 0.3) is 17.0 Å². The van der Waals surface area contributed by atoms with Crippen LogP contribution in [0.4, 0.5) is 0 Å². The van der Waals surface area contributed by atoms with Gasteiger partial charge in [-0.3, -0.25) is 9.89 Å². The van der Waals surface area contributed by atoms with Crippen molar-refractivity contribution in [2.75, 3.05) is 26.2 Å². The van der Waals surface area contributed by atoms with E-state index in [4.69, 9.17) is 10.00 Å². The van der Waals surface area contributed by atoms with Crippen molar-refractivity contribution < 1.29 is 9.53 Å². The minimum absolute atomic E-state index is 0.00785. The van der Waals surface area contributed by atoms with Crippen molar-refractivity contribution in [3.05, 3.63) is 58.6 Å². The molecule has 2 aromatic carbocycles. The Morgan fingerprint density at radius 1 is 1.24 bits per heavy atom. The molecule has 0 radical (unpaired) electrons. The summed E-state index contributed by atoms with van der Waals surface area (Å²) in [6, 6.07) is 15.5. The molecule has 0 unspecified atom stereocenters. The van der Waals surface area contributed by atoms with Gasteiger partial charge in [0.25, 0.3) is 5.91 Å². The molecule has 2 aliphatic heterocycles. The van der Waals surface area contributed by atoms with Crippen molar-refractivity contribution in [1.29, 1.82) is 5.26 Å². The SMILES string of the molecule is N#Cc1ccc(OCCCN2CCC(NC(=O)C3=Cc4[nH]nc5cccc(c45)S3)CC2)cc1. The number of piperidine rings is 1. The van der Waals surface area contributed by atoms with Gasteiger partial charge in [-0.2, -0.15) is 10.4 Å². The van der Waals surface area contributed by atoms with Gasteiger partial charge < -0.3 is 15.0 Å². The van der Waals surface area contributed by atoms with Crippen molar-refractivity contribution in [3.63, 3.8) is 0 Å². The summed E-state index contributed by atoms with van der Waals surface area (Å²) >= 11 is 1.51. The fraction of sp³-hybridized carbons (Fsp3) is 0.320. The largest absolute Gasteiger partial charge is 0.494 e. The van der Waals surface area contributed by atoms with Crippen LogP contribution in [0.2, 0.25) is 0 Å². The minimum atomic E-state index is -0.00785. The lowest BCUT2D eigenvalue weighted by Gasteiger charge is -2.32. The highest BCUT2D eigenvalue weighted by Crippen LogP contribution is 2.39. The van der Waals surface area contributed by atoms with Crippen LogP contribution in [0.5, 0.6) is 5.75 Å². The van der Waals surface area contributed by atoms with E-state index in [0.29, 0.717) is 17.1 Å². The summed E-state index contributed by atoms with van der Waals surface area (Å²) in [5.41, 5.74) is 2.47. The number of hydrogen-bond donors (Lipinski definition) is 2. The number of benzene rings is 2. The summed E-state index contributed by atoms with van der Waals surface area (Å²) in [6.07, 6.45) is 4.75. The first-order chi connectivity index (χ1) is 16.2. The highest BCUT2D eigenvalue weighted by Gasteiger charge is 2.25. The van der Waals surface area contributed by atoms with Gasteiger partial charge in [-0.05, 0) is 61.7 Å². The zero-order valence-corrected chi connectivity index (χ0v) is 19.0. The number of H-pyrrole nitrogens is 1. The van der Waals surface area contributed by atoms with E-state index in [1.54, 1.807) is 12.1 Å². The van der Waals surface area contributed by atoms with E-state index in [-0.39, 0.29) is 11.9 Å². The quantitative estimate of drug-likeness (QED) is 0.520. The number of thioether (sulfide) groups is 1. The lowest BCUT2D eigenvalue weighted by Crippen LogP contribution is -2.45. The smallest absolute Gasteiger partial charge is 0.258 e. The molecule has 0 bridgehead atoms. The Bertz CT molecular complexity index is 1220. The molecule has 7 nitrogen and oxygen atoms in total. The Morgan fingerprint density at radius 3 is 2.85 bits per heavy atom. The molecule has 168 valence electrons. The normalized spacial score (nSPS) is 16.3. The number of nitrogens with one attached hydrogen (secondary N) is 2. The molecular weight excluding hydrogens is 434 g/mol. The van der Waals surface area contributed by atoms with Crippen LogP contribution < -0.4 is 10.1 Å². The zero-order valence-electron chi connectivity index (χ0n) is 18.2. The first kappa shape index (κ1) is 21.6. The van der Waals surface area contributed by atoms with Crippen LogP contribution in [0, 0.1) is 11.3 Å². The van der Waals surface area contributed by atoms with Gasteiger partial charge in [0.05, 0.1) is 34.4 Å². The third-order valence-electron chi connectivity index (χ3n) is 6.08. The summed E-state index contributed by atoms with van der Waals surface area (Å²) < 4.78 is 5.77. The molecule has 1 fully saturated rings. The number of nitriles is 1. The van der Waals surface area contributed by atoms with Crippen LogP contribution in [0.15, 0.2) is 52.3 Å². The monoisotopic (exact) mass is 459 g/mol. The molecule has 0 atom stereocenters. The second-order valence-corrected chi connectivity index (χ2v) is 9.41. The molecule has 0 spiro atoms. The third kappa shape index (κ3) is 4.90. The number of aromatic amines is 1. The second-order valence-electron chi connectivity index (χ2n) is 8.33. The van der Waals surface area contributed by atoms with Gasteiger partial charge in [-0.15, -0.1) is 0 Å². The lowest BCUT2D eigenvalue weighted by atomic mass is 10.0. The maximum absolute atomic E-state index is 12.9. The van der Waals surface area contributed by atoms with Crippen molar-refractivity contribution in [2.24, 2.45) is 0 Å². The number of ether oxygens (including phenoxy) is 1. The van der Waals surface area contributed by atoms with Crippen molar-refractivity contribution in [2.45, 2.75) is 30.2 Å². The minimum Gasteiger partial charge on any atom is -0.494 e. The van der Waals surface area contributed by atoms with Gasteiger partial charge in [0.2, 0.25) is 0 Å². The Morgan fingerprint density at radius 2 is 2.06 bits per heavy atom. The summed E-state index contributed by atoms with van der Waals surface area (Å²) in [5, 5.41) is 20.5. The van der Waals surface area contributed by atoms with E-state index in [1.807, 2.05) is 36.4 Å². The number of rotatable bonds is 7. The first-order valence-electron chi connectivity index (χ1n) is 11.2. The van der Waals surface area contributed by atoms with Crippen LogP contribution in [0.3, 0.4) is 0 Å². The van der Waals surface area contributed by atoms with Crippen molar-refractivity contribution in [1.82, 2.24) is 20.4 Å².